The third-order valence-electron chi connectivity index (χ3n) is 3.80. The van der Waals surface area contributed by atoms with Gasteiger partial charge in [0.25, 0.3) is 5.91 Å². The number of fused-ring (bicyclic) bond motifs is 1. The molecule has 0 unspecified atom stereocenters. The zero-order valence-electron chi connectivity index (χ0n) is 13.5. The maximum absolute atomic E-state index is 12.5. The lowest BCUT2D eigenvalue weighted by Crippen LogP contribution is -2.16. The Bertz CT molecular complexity index is 1080. The summed E-state index contributed by atoms with van der Waals surface area (Å²) in [5, 5.41) is 9.52. The van der Waals surface area contributed by atoms with Gasteiger partial charge < -0.3 is 4.57 Å². The minimum Gasteiger partial charge on any atom is -0.312 e. The number of nitriles is 1. The maximum Gasteiger partial charge on any atom is 0.279 e. The zero-order chi connectivity index (χ0) is 18.0. The quantitative estimate of drug-likeness (QED) is 0.641. The summed E-state index contributed by atoms with van der Waals surface area (Å²) in [6, 6.07) is 12.2. The van der Waals surface area contributed by atoms with Crippen LogP contribution in [0.15, 0.2) is 54.0 Å². The van der Waals surface area contributed by atoms with Crippen LogP contribution in [-0.2, 0) is 6.54 Å². The molecule has 0 aliphatic carbocycles. The molecule has 1 aromatic heterocycles. The Morgan fingerprint density at radius 3 is 2.72 bits per heavy atom. The number of hydrogen-bond donors (Lipinski definition) is 0. The summed E-state index contributed by atoms with van der Waals surface area (Å²) >= 11 is 7.67. The molecule has 25 heavy (non-hydrogen) atoms. The van der Waals surface area contributed by atoms with Gasteiger partial charge in [-0.25, -0.2) is 0 Å². The van der Waals surface area contributed by atoms with Crippen molar-refractivity contribution < 1.29 is 4.79 Å². The monoisotopic (exact) mass is 367 g/mol. The number of benzene rings is 2. The highest BCUT2D eigenvalue weighted by Gasteiger charge is 2.12. The van der Waals surface area contributed by atoms with E-state index in [4.69, 9.17) is 16.9 Å². The summed E-state index contributed by atoms with van der Waals surface area (Å²) in [5.41, 5.74) is 2.86. The molecule has 0 atom stereocenters. The lowest BCUT2D eigenvalue weighted by Gasteiger charge is -2.05. The average Bonchev–Trinajstić information content (AvgIpc) is 2.96. The molecule has 0 radical (unpaired) electrons. The number of nitrogens with zero attached hydrogens (tertiary/aromatic N) is 3. The molecule has 0 N–H and O–H groups in total. The van der Waals surface area contributed by atoms with E-state index >= 15 is 0 Å². The molecule has 0 saturated carbocycles. The molecule has 0 saturated heterocycles. The molecule has 6 heteroatoms. The first-order valence-corrected chi connectivity index (χ1v) is 8.73. The normalized spacial score (nSPS) is 11.5. The highest BCUT2D eigenvalue weighted by Crippen LogP contribution is 2.27. The molecule has 0 fully saturated rings. The Balaban J connectivity index is 2.16. The fraction of sp³-hybridized carbons (Fsp3) is 0.105. The molecule has 3 rings (SSSR count). The van der Waals surface area contributed by atoms with Crippen LogP contribution in [0.2, 0.25) is 5.02 Å². The van der Waals surface area contributed by atoms with Crippen LogP contribution in [0.4, 0.5) is 0 Å². The summed E-state index contributed by atoms with van der Waals surface area (Å²) in [4.78, 5) is 17.4. The minimum absolute atomic E-state index is 0.349. The first-order valence-electron chi connectivity index (χ1n) is 7.53. The van der Waals surface area contributed by atoms with Crippen molar-refractivity contribution in [1.29, 1.82) is 5.26 Å². The lowest BCUT2D eigenvalue weighted by molar-refractivity contribution is 0.0998. The van der Waals surface area contributed by atoms with Gasteiger partial charge in [0.2, 0.25) is 0 Å². The van der Waals surface area contributed by atoms with E-state index in [1.165, 1.54) is 11.3 Å². The average molecular weight is 368 g/mol. The van der Waals surface area contributed by atoms with Crippen molar-refractivity contribution in [3.63, 3.8) is 0 Å². The van der Waals surface area contributed by atoms with E-state index < -0.39 is 0 Å². The number of carbonyl (C=O) groups is 1. The van der Waals surface area contributed by atoms with Crippen LogP contribution in [-0.4, -0.2) is 10.5 Å². The Morgan fingerprint density at radius 2 is 2.08 bits per heavy atom. The van der Waals surface area contributed by atoms with E-state index in [9.17, 15) is 4.79 Å². The van der Waals surface area contributed by atoms with Gasteiger partial charge in [-0.1, -0.05) is 29.0 Å². The summed E-state index contributed by atoms with van der Waals surface area (Å²) in [5.74, 6) is -0.349. The fourth-order valence-corrected chi connectivity index (χ4v) is 3.79. The fourth-order valence-electron chi connectivity index (χ4n) is 2.54. The Hall–Kier alpha value is -2.68. The SMILES string of the molecule is C=CCn1c(=NC(=O)c2ccc(C#N)cc2)sc2ccc(Cl)c(C)c21. The van der Waals surface area contributed by atoms with Crippen molar-refractivity contribution in [3.05, 3.63) is 75.6 Å². The van der Waals surface area contributed by atoms with Gasteiger partial charge in [0.05, 0.1) is 21.8 Å². The van der Waals surface area contributed by atoms with Crippen LogP contribution < -0.4 is 4.80 Å². The smallest absolute Gasteiger partial charge is 0.279 e. The predicted octanol–water partition coefficient (Wildman–Crippen LogP) is 4.46. The minimum atomic E-state index is -0.349. The number of aryl methyl sites for hydroxylation is 1. The van der Waals surface area contributed by atoms with Gasteiger partial charge in [-0.2, -0.15) is 10.3 Å². The standard InChI is InChI=1S/C19H14ClN3OS/c1-3-10-23-17-12(2)15(20)8-9-16(17)25-19(23)22-18(24)14-6-4-13(11-21)5-7-14/h3-9H,1,10H2,2H3. The Morgan fingerprint density at radius 1 is 1.36 bits per heavy atom. The number of allylic oxidation sites excluding steroid dienone is 1. The maximum atomic E-state index is 12.5. The zero-order valence-corrected chi connectivity index (χ0v) is 15.1. The number of aromatic nitrogens is 1. The first-order chi connectivity index (χ1) is 12.0. The van der Waals surface area contributed by atoms with Gasteiger partial charge in [0.1, 0.15) is 0 Å². The van der Waals surface area contributed by atoms with Crippen LogP contribution in [0, 0.1) is 18.3 Å². The van der Waals surface area contributed by atoms with E-state index in [2.05, 4.69) is 11.6 Å². The molecular weight excluding hydrogens is 354 g/mol. The van der Waals surface area contributed by atoms with Crippen LogP contribution in [0.25, 0.3) is 10.2 Å². The molecular formula is C19H14ClN3OS. The first kappa shape index (κ1) is 17.2. The number of carbonyl (C=O) groups excluding carboxylic acids is 1. The van der Waals surface area contributed by atoms with Crippen molar-refractivity contribution in [3.8, 4) is 6.07 Å². The Labute approximate surface area is 153 Å². The molecule has 2 aromatic carbocycles. The third-order valence-corrected chi connectivity index (χ3v) is 5.25. The van der Waals surface area contributed by atoms with E-state index in [0.717, 1.165) is 15.8 Å². The highest BCUT2D eigenvalue weighted by atomic mass is 35.5. The van der Waals surface area contributed by atoms with Crippen LogP contribution >= 0.6 is 22.9 Å². The second kappa shape index (κ2) is 7.06. The summed E-state index contributed by atoms with van der Waals surface area (Å²) in [6.07, 6.45) is 1.76. The van der Waals surface area contributed by atoms with Crippen molar-refractivity contribution in [2.24, 2.45) is 4.99 Å². The Kier molecular flexibility index (Phi) is 4.84. The van der Waals surface area contributed by atoms with E-state index in [-0.39, 0.29) is 5.91 Å². The van der Waals surface area contributed by atoms with Crippen LogP contribution in [0.3, 0.4) is 0 Å². The van der Waals surface area contributed by atoms with Crippen LogP contribution in [0.5, 0.6) is 0 Å². The molecule has 1 amide bonds. The van der Waals surface area contributed by atoms with E-state index in [1.807, 2.05) is 29.7 Å². The second-order valence-electron chi connectivity index (χ2n) is 5.41. The molecule has 0 spiro atoms. The number of halogens is 1. The molecule has 124 valence electrons. The number of hydrogen-bond acceptors (Lipinski definition) is 3. The van der Waals surface area contributed by atoms with Gasteiger partial charge in [-0.3, -0.25) is 4.79 Å². The number of amides is 1. The number of thiazole rings is 1. The van der Waals surface area contributed by atoms with Crippen molar-refractivity contribution in [2.45, 2.75) is 13.5 Å². The summed E-state index contributed by atoms with van der Waals surface area (Å²) in [6.45, 7) is 6.26. The second-order valence-corrected chi connectivity index (χ2v) is 6.83. The van der Waals surface area contributed by atoms with E-state index in [0.29, 0.717) is 27.5 Å². The van der Waals surface area contributed by atoms with E-state index in [1.54, 1.807) is 30.3 Å². The van der Waals surface area contributed by atoms with Crippen molar-refractivity contribution >= 4 is 39.1 Å². The predicted molar refractivity (Wildman–Crippen MR) is 101 cm³/mol. The molecule has 3 aromatic rings. The molecule has 0 bridgehead atoms. The topological polar surface area (TPSA) is 58.1 Å². The highest BCUT2D eigenvalue weighted by molar-refractivity contribution is 7.16. The number of rotatable bonds is 3. The van der Waals surface area contributed by atoms with Gasteiger partial charge in [0.15, 0.2) is 4.80 Å². The van der Waals surface area contributed by atoms with Gasteiger partial charge in [-0.15, -0.1) is 6.58 Å². The van der Waals surface area contributed by atoms with Gasteiger partial charge >= 0.3 is 0 Å². The van der Waals surface area contributed by atoms with Gasteiger partial charge in [0, 0.05) is 17.1 Å². The lowest BCUT2D eigenvalue weighted by atomic mass is 10.1. The summed E-state index contributed by atoms with van der Waals surface area (Å²) in [7, 11) is 0. The largest absolute Gasteiger partial charge is 0.312 e. The van der Waals surface area contributed by atoms with Gasteiger partial charge in [-0.05, 0) is 48.9 Å². The van der Waals surface area contributed by atoms with Crippen molar-refractivity contribution in [1.82, 2.24) is 4.57 Å². The molecule has 0 aliphatic heterocycles. The summed E-state index contributed by atoms with van der Waals surface area (Å²) < 4.78 is 2.95. The molecule has 4 nitrogen and oxygen atoms in total. The molecule has 0 aliphatic rings. The molecule has 1 heterocycles. The van der Waals surface area contributed by atoms with Crippen LogP contribution in [0.1, 0.15) is 21.5 Å². The third kappa shape index (κ3) is 3.27. The van der Waals surface area contributed by atoms with Crippen molar-refractivity contribution in [2.75, 3.05) is 0 Å².